The van der Waals surface area contributed by atoms with E-state index in [1.54, 1.807) is 12.1 Å². The van der Waals surface area contributed by atoms with Crippen LogP contribution in [0.2, 0.25) is 5.02 Å². The van der Waals surface area contributed by atoms with E-state index in [9.17, 15) is 4.39 Å². The van der Waals surface area contributed by atoms with Crippen molar-refractivity contribution in [3.63, 3.8) is 0 Å². The Labute approximate surface area is 114 Å². The summed E-state index contributed by atoms with van der Waals surface area (Å²) in [5.74, 6) is 1.13. The third kappa shape index (κ3) is 3.46. The van der Waals surface area contributed by atoms with Gasteiger partial charge in [0, 0.05) is 6.04 Å². The predicted octanol–water partition coefficient (Wildman–Crippen LogP) is 4.05. The highest BCUT2D eigenvalue weighted by molar-refractivity contribution is 6.30. The summed E-state index contributed by atoms with van der Waals surface area (Å²) >= 11 is 5.69. The summed E-state index contributed by atoms with van der Waals surface area (Å²) in [6.45, 7) is 5.42. The number of hydrogen-bond donors (Lipinski definition) is 1. The largest absolute Gasteiger partial charge is 0.314 e. The van der Waals surface area contributed by atoms with E-state index < -0.39 is 0 Å². The number of rotatable bonds is 5. The Morgan fingerprint density at radius 2 is 2.06 bits per heavy atom. The van der Waals surface area contributed by atoms with Gasteiger partial charge >= 0.3 is 0 Å². The lowest BCUT2D eigenvalue weighted by Crippen LogP contribution is -2.38. The maximum atomic E-state index is 13.4. The molecule has 2 atom stereocenters. The van der Waals surface area contributed by atoms with Gasteiger partial charge < -0.3 is 5.32 Å². The second kappa shape index (κ2) is 6.03. The summed E-state index contributed by atoms with van der Waals surface area (Å²) in [4.78, 5) is 0. The fraction of sp³-hybridized carbons (Fsp3) is 0.600. The number of benzene rings is 1. The van der Waals surface area contributed by atoms with Gasteiger partial charge in [-0.3, -0.25) is 0 Å². The molecule has 0 radical (unpaired) electrons. The molecule has 1 aromatic carbocycles. The van der Waals surface area contributed by atoms with Crippen molar-refractivity contribution >= 4 is 11.6 Å². The summed E-state index contributed by atoms with van der Waals surface area (Å²) in [5, 5.41) is 3.70. The van der Waals surface area contributed by atoms with Gasteiger partial charge in [-0.2, -0.15) is 0 Å². The Bertz CT molecular complexity index is 405. The molecule has 100 valence electrons. The van der Waals surface area contributed by atoms with Crippen LogP contribution in [0.15, 0.2) is 18.2 Å². The van der Waals surface area contributed by atoms with Crippen LogP contribution >= 0.6 is 11.6 Å². The highest BCUT2D eigenvalue weighted by Crippen LogP contribution is 2.36. The summed E-state index contributed by atoms with van der Waals surface area (Å²) < 4.78 is 13.4. The molecule has 1 aliphatic carbocycles. The number of halogens is 2. The standard InChI is InChI=1S/C15H21ClFN/c1-10(2)18-9-13-5-4-12(13)7-11-3-6-14(16)15(17)8-11/h3,6,8,10,12-13,18H,4-5,7,9H2,1-2H3. The van der Waals surface area contributed by atoms with Gasteiger partial charge in [-0.25, -0.2) is 4.39 Å². The van der Waals surface area contributed by atoms with Gasteiger partial charge in [0.2, 0.25) is 0 Å². The molecule has 1 saturated carbocycles. The van der Waals surface area contributed by atoms with E-state index in [1.807, 2.05) is 6.07 Å². The fourth-order valence-electron chi connectivity index (χ4n) is 2.53. The lowest BCUT2D eigenvalue weighted by Gasteiger charge is -2.37. The van der Waals surface area contributed by atoms with Crippen LogP contribution in [0.25, 0.3) is 0 Å². The molecule has 2 unspecified atom stereocenters. The zero-order valence-corrected chi connectivity index (χ0v) is 11.8. The molecule has 0 saturated heterocycles. The molecule has 18 heavy (non-hydrogen) atoms. The van der Waals surface area contributed by atoms with Crippen LogP contribution in [0, 0.1) is 17.7 Å². The average Bonchev–Trinajstić information content (AvgIpc) is 2.29. The van der Waals surface area contributed by atoms with Crippen LogP contribution in [0.5, 0.6) is 0 Å². The van der Waals surface area contributed by atoms with Crippen molar-refractivity contribution in [1.82, 2.24) is 5.32 Å². The molecule has 3 heteroatoms. The molecule has 1 aliphatic rings. The monoisotopic (exact) mass is 269 g/mol. The third-order valence-corrected chi connectivity index (χ3v) is 4.15. The summed E-state index contributed by atoms with van der Waals surface area (Å²) in [7, 11) is 0. The summed E-state index contributed by atoms with van der Waals surface area (Å²) in [6.07, 6.45) is 3.52. The van der Waals surface area contributed by atoms with E-state index in [2.05, 4.69) is 19.2 Å². The maximum absolute atomic E-state index is 13.4. The van der Waals surface area contributed by atoms with Crippen LogP contribution in [0.4, 0.5) is 4.39 Å². The second-order valence-electron chi connectivity index (χ2n) is 5.61. The van der Waals surface area contributed by atoms with E-state index in [-0.39, 0.29) is 10.8 Å². The van der Waals surface area contributed by atoms with Gasteiger partial charge in [-0.05, 0) is 55.3 Å². The smallest absolute Gasteiger partial charge is 0.142 e. The van der Waals surface area contributed by atoms with E-state index >= 15 is 0 Å². The van der Waals surface area contributed by atoms with Gasteiger partial charge in [0.15, 0.2) is 0 Å². The molecule has 2 rings (SSSR count). The molecular formula is C15H21ClFN. The van der Waals surface area contributed by atoms with E-state index in [1.165, 1.54) is 12.8 Å². The van der Waals surface area contributed by atoms with E-state index in [4.69, 9.17) is 11.6 Å². The SMILES string of the molecule is CC(C)NCC1CCC1Cc1ccc(Cl)c(F)c1. The lowest BCUT2D eigenvalue weighted by atomic mass is 9.70. The molecule has 0 aliphatic heterocycles. The molecular weight excluding hydrogens is 249 g/mol. The van der Waals surface area contributed by atoms with Gasteiger partial charge in [-0.1, -0.05) is 31.5 Å². The minimum Gasteiger partial charge on any atom is -0.314 e. The van der Waals surface area contributed by atoms with E-state index in [0.717, 1.165) is 24.4 Å². The molecule has 1 fully saturated rings. The minimum atomic E-state index is -0.301. The molecule has 0 heterocycles. The lowest BCUT2D eigenvalue weighted by molar-refractivity contribution is 0.167. The Hall–Kier alpha value is -0.600. The van der Waals surface area contributed by atoms with Crippen molar-refractivity contribution in [2.24, 2.45) is 11.8 Å². The van der Waals surface area contributed by atoms with Crippen LogP contribution < -0.4 is 5.32 Å². The molecule has 0 bridgehead atoms. The molecule has 0 aromatic heterocycles. The third-order valence-electron chi connectivity index (χ3n) is 3.85. The Balaban J connectivity index is 1.87. The second-order valence-corrected chi connectivity index (χ2v) is 6.02. The Morgan fingerprint density at radius 1 is 1.33 bits per heavy atom. The quantitative estimate of drug-likeness (QED) is 0.850. The van der Waals surface area contributed by atoms with Crippen LogP contribution in [-0.4, -0.2) is 12.6 Å². The van der Waals surface area contributed by atoms with Crippen LogP contribution in [0.3, 0.4) is 0 Å². The number of nitrogens with one attached hydrogen (secondary N) is 1. The first-order chi connectivity index (χ1) is 8.56. The topological polar surface area (TPSA) is 12.0 Å². The first-order valence-electron chi connectivity index (χ1n) is 6.73. The van der Waals surface area contributed by atoms with Crippen molar-refractivity contribution in [2.75, 3.05) is 6.54 Å². The normalized spacial score (nSPS) is 23.2. The fourth-order valence-corrected chi connectivity index (χ4v) is 2.65. The maximum Gasteiger partial charge on any atom is 0.142 e. The minimum absolute atomic E-state index is 0.213. The molecule has 1 aromatic rings. The average molecular weight is 270 g/mol. The highest BCUT2D eigenvalue weighted by atomic mass is 35.5. The zero-order chi connectivity index (χ0) is 13.1. The van der Waals surface area contributed by atoms with E-state index in [0.29, 0.717) is 12.0 Å². The van der Waals surface area contributed by atoms with Crippen molar-refractivity contribution in [3.05, 3.63) is 34.6 Å². The van der Waals surface area contributed by atoms with Gasteiger partial charge in [0.25, 0.3) is 0 Å². The molecule has 0 spiro atoms. The van der Waals surface area contributed by atoms with Crippen LogP contribution in [0.1, 0.15) is 32.3 Å². The van der Waals surface area contributed by atoms with Crippen molar-refractivity contribution in [2.45, 2.75) is 39.2 Å². The van der Waals surface area contributed by atoms with Gasteiger partial charge in [-0.15, -0.1) is 0 Å². The van der Waals surface area contributed by atoms with Crippen molar-refractivity contribution in [3.8, 4) is 0 Å². The Kier molecular flexibility index (Phi) is 4.63. The molecule has 1 N–H and O–H groups in total. The first kappa shape index (κ1) is 13.8. The van der Waals surface area contributed by atoms with Crippen LogP contribution in [-0.2, 0) is 6.42 Å². The predicted molar refractivity (Wildman–Crippen MR) is 74.5 cm³/mol. The van der Waals surface area contributed by atoms with Crippen molar-refractivity contribution < 1.29 is 4.39 Å². The molecule has 0 amide bonds. The molecule has 1 nitrogen and oxygen atoms in total. The summed E-state index contributed by atoms with van der Waals surface area (Å²) in [6, 6.07) is 5.72. The Morgan fingerprint density at radius 3 is 2.61 bits per heavy atom. The number of hydrogen-bond acceptors (Lipinski definition) is 1. The van der Waals surface area contributed by atoms with Gasteiger partial charge in [0.1, 0.15) is 5.82 Å². The van der Waals surface area contributed by atoms with Gasteiger partial charge in [0.05, 0.1) is 5.02 Å². The first-order valence-corrected chi connectivity index (χ1v) is 7.11. The zero-order valence-electron chi connectivity index (χ0n) is 11.0. The van der Waals surface area contributed by atoms with Crippen molar-refractivity contribution in [1.29, 1.82) is 0 Å². The summed E-state index contributed by atoms with van der Waals surface area (Å²) in [5.41, 5.74) is 1.07. The highest BCUT2D eigenvalue weighted by Gasteiger charge is 2.30.